The van der Waals surface area contributed by atoms with Crippen molar-refractivity contribution < 1.29 is 14.3 Å². The minimum Gasteiger partial charge on any atom is -0.454 e. The molecule has 5 nitrogen and oxygen atoms in total. The van der Waals surface area contributed by atoms with Crippen LogP contribution in [0, 0.1) is 0 Å². The van der Waals surface area contributed by atoms with E-state index in [1.54, 1.807) is 0 Å². The van der Waals surface area contributed by atoms with Gasteiger partial charge in [0.15, 0.2) is 11.5 Å². The summed E-state index contributed by atoms with van der Waals surface area (Å²) < 4.78 is 10.7. The number of carbonyl (C=O) groups is 1. The molecular weight excluding hydrogens is 304 g/mol. The fraction of sp³-hybridized carbons (Fsp3) is 0.316. The van der Waals surface area contributed by atoms with E-state index in [-0.39, 0.29) is 18.9 Å². The number of rotatable bonds is 3. The molecule has 0 aromatic heterocycles. The lowest BCUT2D eigenvalue weighted by atomic mass is 10.1. The zero-order valence-electron chi connectivity index (χ0n) is 13.6. The quantitative estimate of drug-likeness (QED) is 0.903. The highest BCUT2D eigenvalue weighted by Crippen LogP contribution is 2.34. The number of urea groups is 1. The molecule has 1 unspecified atom stereocenters. The van der Waals surface area contributed by atoms with Crippen LogP contribution in [0.1, 0.15) is 36.1 Å². The lowest BCUT2D eigenvalue weighted by Gasteiger charge is -2.16. The first kappa shape index (κ1) is 14.9. The third-order valence-corrected chi connectivity index (χ3v) is 4.60. The van der Waals surface area contributed by atoms with Crippen LogP contribution in [0.2, 0.25) is 0 Å². The average molecular weight is 324 g/mol. The van der Waals surface area contributed by atoms with E-state index in [0.717, 1.165) is 35.6 Å². The Kier molecular flexibility index (Phi) is 3.76. The highest BCUT2D eigenvalue weighted by molar-refractivity contribution is 5.89. The van der Waals surface area contributed by atoms with E-state index in [4.69, 9.17) is 9.47 Å². The largest absolute Gasteiger partial charge is 0.454 e. The highest BCUT2D eigenvalue weighted by atomic mass is 16.7. The van der Waals surface area contributed by atoms with Crippen LogP contribution in [0.4, 0.5) is 10.5 Å². The second-order valence-corrected chi connectivity index (χ2v) is 6.27. The summed E-state index contributed by atoms with van der Waals surface area (Å²) in [6.07, 6.45) is 3.44. The van der Waals surface area contributed by atoms with Crippen LogP contribution in [0.15, 0.2) is 36.4 Å². The summed E-state index contributed by atoms with van der Waals surface area (Å²) in [4.78, 5) is 12.3. The summed E-state index contributed by atoms with van der Waals surface area (Å²) >= 11 is 0. The molecule has 2 N–H and O–H groups in total. The molecule has 0 saturated carbocycles. The first-order chi connectivity index (χ1) is 11.7. The van der Waals surface area contributed by atoms with Crippen LogP contribution >= 0.6 is 0 Å². The Morgan fingerprint density at radius 3 is 2.79 bits per heavy atom. The molecule has 5 heteroatoms. The van der Waals surface area contributed by atoms with Crippen molar-refractivity contribution in [2.24, 2.45) is 0 Å². The number of hydrogen-bond acceptors (Lipinski definition) is 3. The van der Waals surface area contributed by atoms with Gasteiger partial charge in [-0.3, -0.25) is 0 Å². The van der Waals surface area contributed by atoms with E-state index in [0.29, 0.717) is 0 Å². The van der Waals surface area contributed by atoms with E-state index in [1.807, 2.05) is 31.2 Å². The average Bonchev–Trinajstić information content (AvgIpc) is 3.22. The molecule has 24 heavy (non-hydrogen) atoms. The van der Waals surface area contributed by atoms with Crippen LogP contribution in [-0.4, -0.2) is 12.8 Å². The number of anilines is 1. The van der Waals surface area contributed by atoms with Gasteiger partial charge in [0.1, 0.15) is 0 Å². The molecule has 1 heterocycles. The van der Waals surface area contributed by atoms with Crippen LogP contribution in [0.25, 0.3) is 0 Å². The first-order valence-corrected chi connectivity index (χ1v) is 8.28. The maximum atomic E-state index is 12.3. The summed E-state index contributed by atoms with van der Waals surface area (Å²) in [5.74, 6) is 1.47. The third-order valence-electron chi connectivity index (χ3n) is 4.60. The van der Waals surface area contributed by atoms with Gasteiger partial charge in [-0.25, -0.2) is 4.79 Å². The van der Waals surface area contributed by atoms with Crippen molar-refractivity contribution in [2.45, 2.75) is 32.2 Å². The number of ether oxygens (including phenoxy) is 2. The second-order valence-electron chi connectivity index (χ2n) is 6.27. The van der Waals surface area contributed by atoms with Crippen molar-refractivity contribution >= 4 is 11.7 Å². The fourth-order valence-electron chi connectivity index (χ4n) is 3.28. The van der Waals surface area contributed by atoms with E-state index >= 15 is 0 Å². The van der Waals surface area contributed by atoms with E-state index in [9.17, 15) is 4.79 Å². The molecule has 0 bridgehead atoms. The number of hydrogen-bond donors (Lipinski definition) is 2. The van der Waals surface area contributed by atoms with Crippen LogP contribution in [0.5, 0.6) is 11.5 Å². The molecule has 124 valence electrons. The van der Waals surface area contributed by atoms with Crippen molar-refractivity contribution in [2.75, 3.05) is 12.1 Å². The summed E-state index contributed by atoms with van der Waals surface area (Å²) in [6.45, 7) is 2.19. The molecule has 0 spiro atoms. The number of amides is 2. The van der Waals surface area contributed by atoms with E-state index in [1.165, 1.54) is 17.5 Å². The number of benzene rings is 2. The monoisotopic (exact) mass is 324 g/mol. The van der Waals surface area contributed by atoms with Gasteiger partial charge in [-0.1, -0.05) is 12.1 Å². The highest BCUT2D eigenvalue weighted by Gasteiger charge is 2.17. The fourth-order valence-corrected chi connectivity index (χ4v) is 3.28. The Balaban J connectivity index is 1.40. The molecule has 0 radical (unpaired) electrons. The Hall–Kier alpha value is -2.69. The number of nitrogens with one attached hydrogen (secondary N) is 2. The van der Waals surface area contributed by atoms with Crippen molar-refractivity contribution in [3.8, 4) is 11.5 Å². The Morgan fingerprint density at radius 2 is 1.88 bits per heavy atom. The van der Waals surface area contributed by atoms with Crippen LogP contribution in [-0.2, 0) is 12.8 Å². The number of aryl methyl sites for hydroxylation is 2. The Bertz CT molecular complexity index is 788. The zero-order chi connectivity index (χ0) is 16.5. The molecule has 2 aromatic carbocycles. The van der Waals surface area contributed by atoms with Gasteiger partial charge in [-0.05, 0) is 67.1 Å². The maximum Gasteiger partial charge on any atom is 0.319 e. The molecule has 0 fully saturated rings. The minimum atomic E-state index is -0.210. The van der Waals surface area contributed by atoms with Gasteiger partial charge in [0, 0.05) is 5.69 Å². The molecular formula is C19H20N2O3. The number of carbonyl (C=O) groups excluding carboxylic acids is 1. The van der Waals surface area contributed by atoms with E-state index < -0.39 is 0 Å². The Labute approximate surface area is 141 Å². The van der Waals surface area contributed by atoms with Gasteiger partial charge < -0.3 is 20.1 Å². The molecule has 1 atom stereocenters. The van der Waals surface area contributed by atoms with Crippen LogP contribution in [0.3, 0.4) is 0 Å². The second kappa shape index (κ2) is 6.07. The minimum absolute atomic E-state index is 0.131. The van der Waals surface area contributed by atoms with Gasteiger partial charge in [0.05, 0.1) is 6.04 Å². The van der Waals surface area contributed by atoms with E-state index in [2.05, 4.69) is 22.8 Å². The van der Waals surface area contributed by atoms with Gasteiger partial charge in [0.2, 0.25) is 6.79 Å². The number of fused-ring (bicyclic) bond motifs is 2. The Morgan fingerprint density at radius 1 is 1.04 bits per heavy atom. The summed E-state index contributed by atoms with van der Waals surface area (Å²) in [7, 11) is 0. The smallest absolute Gasteiger partial charge is 0.319 e. The topological polar surface area (TPSA) is 59.6 Å². The van der Waals surface area contributed by atoms with Gasteiger partial charge >= 0.3 is 6.03 Å². The normalized spacial score (nSPS) is 15.7. The zero-order valence-corrected chi connectivity index (χ0v) is 13.6. The molecule has 4 rings (SSSR count). The molecule has 2 aromatic rings. The van der Waals surface area contributed by atoms with Gasteiger partial charge in [-0.2, -0.15) is 0 Å². The lowest BCUT2D eigenvalue weighted by Crippen LogP contribution is -2.31. The van der Waals surface area contributed by atoms with Crippen molar-refractivity contribution in [1.29, 1.82) is 0 Å². The van der Waals surface area contributed by atoms with Crippen LogP contribution < -0.4 is 20.1 Å². The standard InChI is InChI=1S/C19H20N2O3/c1-12(14-6-8-17-18(10-14)24-11-23-17)20-19(22)21-16-7-5-13-3-2-4-15(13)9-16/h5-10,12H,2-4,11H2,1H3,(H2,20,21,22). The molecule has 1 aliphatic carbocycles. The van der Waals surface area contributed by atoms with Gasteiger partial charge in [-0.15, -0.1) is 0 Å². The molecule has 2 aliphatic rings. The van der Waals surface area contributed by atoms with Gasteiger partial charge in [0.25, 0.3) is 0 Å². The van der Waals surface area contributed by atoms with Crippen molar-refractivity contribution in [3.05, 3.63) is 53.1 Å². The third kappa shape index (κ3) is 2.89. The molecule has 0 saturated heterocycles. The SMILES string of the molecule is CC(NC(=O)Nc1ccc2c(c1)CCC2)c1ccc2c(c1)OCO2. The lowest BCUT2D eigenvalue weighted by molar-refractivity contribution is 0.174. The van der Waals surface area contributed by atoms with Crippen molar-refractivity contribution in [1.82, 2.24) is 5.32 Å². The molecule has 1 aliphatic heterocycles. The summed E-state index contributed by atoms with van der Waals surface area (Å²) in [5.41, 5.74) is 4.56. The summed E-state index contributed by atoms with van der Waals surface area (Å²) in [6, 6.07) is 11.5. The molecule has 2 amide bonds. The first-order valence-electron chi connectivity index (χ1n) is 8.28. The van der Waals surface area contributed by atoms with Crippen molar-refractivity contribution in [3.63, 3.8) is 0 Å². The maximum absolute atomic E-state index is 12.3. The predicted octanol–water partition coefficient (Wildman–Crippen LogP) is 3.79. The predicted molar refractivity (Wildman–Crippen MR) is 91.6 cm³/mol. The summed E-state index contributed by atoms with van der Waals surface area (Å²) in [5, 5.41) is 5.88.